The molecule has 6 nitrogen and oxygen atoms in total. The summed E-state index contributed by atoms with van der Waals surface area (Å²) in [5, 5.41) is 3.86. The van der Waals surface area contributed by atoms with E-state index in [0.717, 1.165) is 22.0 Å². The summed E-state index contributed by atoms with van der Waals surface area (Å²) in [6, 6.07) is 24.3. The maximum absolute atomic E-state index is 13.2. The molecule has 0 saturated carbocycles. The van der Waals surface area contributed by atoms with Crippen LogP contribution in [0.3, 0.4) is 0 Å². The number of anilines is 1. The summed E-state index contributed by atoms with van der Waals surface area (Å²) in [7, 11) is 1.60. The first kappa shape index (κ1) is 21.2. The van der Waals surface area contributed by atoms with Crippen LogP contribution < -0.4 is 15.6 Å². The fraction of sp³-hybridized carbons (Fsp3) is 0.154. The van der Waals surface area contributed by atoms with Gasteiger partial charge < -0.3 is 19.9 Å². The number of methoxy groups -OCH3 is 1. The Labute approximate surface area is 186 Å². The molecule has 2 N–H and O–H groups in total. The van der Waals surface area contributed by atoms with Crippen molar-refractivity contribution in [1.29, 1.82) is 0 Å². The molecule has 1 aromatic heterocycles. The highest BCUT2D eigenvalue weighted by Gasteiger charge is 2.17. The lowest BCUT2D eigenvalue weighted by molar-refractivity contribution is 0.206. The van der Waals surface area contributed by atoms with Gasteiger partial charge in [-0.2, -0.15) is 0 Å². The smallest absolute Gasteiger partial charge is 0.322 e. The molecule has 2 amide bonds. The first-order valence-corrected chi connectivity index (χ1v) is 10.4. The molecule has 6 heteroatoms. The Kier molecular flexibility index (Phi) is 6.22. The number of urea groups is 1. The van der Waals surface area contributed by atoms with Crippen LogP contribution in [0.25, 0.3) is 10.9 Å². The number of H-pyrrole nitrogens is 1. The summed E-state index contributed by atoms with van der Waals surface area (Å²) in [6.07, 6.45) is 0. The predicted molar refractivity (Wildman–Crippen MR) is 127 cm³/mol. The van der Waals surface area contributed by atoms with Crippen LogP contribution in [0.2, 0.25) is 0 Å². The van der Waals surface area contributed by atoms with Gasteiger partial charge in [0.15, 0.2) is 0 Å². The van der Waals surface area contributed by atoms with E-state index in [-0.39, 0.29) is 18.1 Å². The number of carbonyl (C=O) groups is 1. The van der Waals surface area contributed by atoms with Crippen LogP contribution in [0, 0.1) is 6.92 Å². The van der Waals surface area contributed by atoms with E-state index in [0.29, 0.717) is 23.5 Å². The second kappa shape index (κ2) is 9.39. The summed E-state index contributed by atoms with van der Waals surface area (Å²) >= 11 is 0. The number of nitrogens with zero attached hydrogens (tertiary/aromatic N) is 1. The SMILES string of the molecule is COc1ccc(NC(=O)N(Cc2ccccc2)Cc2cc3cc(C)ccc3[nH]c2=O)cc1. The largest absolute Gasteiger partial charge is 0.497 e. The molecular formula is C26H25N3O3. The minimum absolute atomic E-state index is 0.177. The monoisotopic (exact) mass is 427 g/mol. The lowest BCUT2D eigenvalue weighted by Crippen LogP contribution is -2.35. The maximum Gasteiger partial charge on any atom is 0.322 e. The zero-order chi connectivity index (χ0) is 22.5. The number of carbonyl (C=O) groups excluding carboxylic acids is 1. The molecular weight excluding hydrogens is 402 g/mol. The fourth-order valence-corrected chi connectivity index (χ4v) is 3.57. The molecule has 0 bridgehead atoms. The Morgan fingerprint density at radius 1 is 0.969 bits per heavy atom. The Balaban J connectivity index is 1.62. The first-order chi connectivity index (χ1) is 15.5. The van der Waals surface area contributed by atoms with Gasteiger partial charge >= 0.3 is 6.03 Å². The molecule has 0 aliphatic rings. The molecule has 0 spiro atoms. The van der Waals surface area contributed by atoms with Gasteiger partial charge in [0.1, 0.15) is 5.75 Å². The predicted octanol–water partition coefficient (Wildman–Crippen LogP) is 5.08. The third-order valence-electron chi connectivity index (χ3n) is 5.28. The number of ether oxygens (including phenoxy) is 1. The molecule has 4 rings (SSSR count). The van der Waals surface area contributed by atoms with Gasteiger partial charge in [-0.25, -0.2) is 4.79 Å². The number of hydrogen-bond donors (Lipinski definition) is 2. The van der Waals surface area contributed by atoms with Crippen molar-refractivity contribution in [3.63, 3.8) is 0 Å². The molecule has 0 atom stereocenters. The second-order valence-electron chi connectivity index (χ2n) is 7.71. The number of benzene rings is 3. The molecule has 32 heavy (non-hydrogen) atoms. The minimum atomic E-state index is -0.289. The van der Waals surface area contributed by atoms with Crippen LogP contribution in [0.4, 0.5) is 10.5 Å². The average Bonchev–Trinajstić information content (AvgIpc) is 2.80. The van der Waals surface area contributed by atoms with Crippen LogP contribution in [0.5, 0.6) is 5.75 Å². The average molecular weight is 428 g/mol. The van der Waals surface area contributed by atoms with E-state index in [4.69, 9.17) is 4.74 Å². The van der Waals surface area contributed by atoms with Crippen molar-refractivity contribution < 1.29 is 9.53 Å². The van der Waals surface area contributed by atoms with E-state index in [1.165, 1.54) is 0 Å². The first-order valence-electron chi connectivity index (χ1n) is 10.4. The van der Waals surface area contributed by atoms with Gasteiger partial charge in [0.25, 0.3) is 5.56 Å². The van der Waals surface area contributed by atoms with Gasteiger partial charge in [0.05, 0.1) is 13.7 Å². The highest BCUT2D eigenvalue weighted by atomic mass is 16.5. The topological polar surface area (TPSA) is 74.4 Å². The highest BCUT2D eigenvalue weighted by Crippen LogP contribution is 2.18. The Bertz CT molecular complexity index is 1280. The van der Waals surface area contributed by atoms with E-state index < -0.39 is 0 Å². The molecule has 1 heterocycles. The number of fused-ring (bicyclic) bond motifs is 1. The zero-order valence-electron chi connectivity index (χ0n) is 18.1. The molecule has 0 fully saturated rings. The third kappa shape index (κ3) is 4.98. The van der Waals surface area contributed by atoms with E-state index in [1.807, 2.05) is 61.5 Å². The number of aromatic amines is 1. The number of aryl methyl sites for hydroxylation is 1. The van der Waals surface area contributed by atoms with Crippen molar-refractivity contribution in [2.45, 2.75) is 20.0 Å². The molecule has 3 aromatic carbocycles. The normalized spacial score (nSPS) is 10.7. The van der Waals surface area contributed by atoms with E-state index in [9.17, 15) is 9.59 Å². The van der Waals surface area contributed by atoms with Crippen molar-refractivity contribution in [2.75, 3.05) is 12.4 Å². The van der Waals surface area contributed by atoms with Crippen LogP contribution in [-0.4, -0.2) is 23.0 Å². The lowest BCUT2D eigenvalue weighted by atomic mass is 10.1. The van der Waals surface area contributed by atoms with Crippen molar-refractivity contribution in [2.24, 2.45) is 0 Å². The number of aromatic nitrogens is 1. The minimum Gasteiger partial charge on any atom is -0.497 e. The summed E-state index contributed by atoms with van der Waals surface area (Å²) in [4.78, 5) is 30.5. The van der Waals surface area contributed by atoms with E-state index in [2.05, 4.69) is 10.3 Å². The summed E-state index contributed by atoms with van der Waals surface area (Å²) in [6.45, 7) is 2.55. The fourth-order valence-electron chi connectivity index (χ4n) is 3.57. The molecule has 0 unspecified atom stereocenters. The van der Waals surface area contributed by atoms with Crippen LogP contribution in [0.15, 0.2) is 83.7 Å². The van der Waals surface area contributed by atoms with Gasteiger partial charge in [-0.15, -0.1) is 0 Å². The third-order valence-corrected chi connectivity index (χ3v) is 5.28. The number of rotatable bonds is 6. The van der Waals surface area contributed by atoms with Gasteiger partial charge in [0.2, 0.25) is 0 Å². The Morgan fingerprint density at radius 3 is 2.44 bits per heavy atom. The standard InChI is InChI=1S/C26H25N3O3/c1-18-8-13-24-20(14-18)15-21(25(30)28-24)17-29(16-19-6-4-3-5-7-19)26(31)27-22-9-11-23(32-2)12-10-22/h3-15H,16-17H2,1-2H3,(H,27,31)(H,28,30). The number of hydrogen-bond acceptors (Lipinski definition) is 3. The van der Waals surface area contributed by atoms with Crippen LogP contribution in [0.1, 0.15) is 16.7 Å². The van der Waals surface area contributed by atoms with Gasteiger partial charge in [-0.05, 0) is 60.3 Å². The number of amides is 2. The summed E-state index contributed by atoms with van der Waals surface area (Å²) in [5.74, 6) is 0.710. The van der Waals surface area contributed by atoms with Crippen LogP contribution in [-0.2, 0) is 13.1 Å². The molecule has 0 aliphatic heterocycles. The summed E-state index contributed by atoms with van der Waals surface area (Å²) < 4.78 is 5.17. The Hall–Kier alpha value is -4.06. The molecule has 0 radical (unpaired) electrons. The van der Waals surface area contributed by atoms with Crippen molar-refractivity contribution in [1.82, 2.24) is 9.88 Å². The highest BCUT2D eigenvalue weighted by molar-refractivity contribution is 5.89. The van der Waals surface area contributed by atoms with Crippen molar-refractivity contribution in [3.05, 3.63) is 106 Å². The molecule has 4 aromatic rings. The van der Waals surface area contributed by atoms with E-state index in [1.54, 1.807) is 36.3 Å². The van der Waals surface area contributed by atoms with Crippen molar-refractivity contribution >= 4 is 22.6 Å². The van der Waals surface area contributed by atoms with E-state index >= 15 is 0 Å². The zero-order valence-corrected chi connectivity index (χ0v) is 18.1. The number of nitrogens with one attached hydrogen (secondary N) is 2. The molecule has 0 aliphatic carbocycles. The number of pyridine rings is 1. The maximum atomic E-state index is 13.2. The van der Waals surface area contributed by atoms with Gasteiger partial charge in [-0.3, -0.25) is 4.79 Å². The van der Waals surface area contributed by atoms with Crippen molar-refractivity contribution in [3.8, 4) is 5.75 Å². The van der Waals surface area contributed by atoms with Crippen LogP contribution >= 0.6 is 0 Å². The molecule has 0 saturated heterocycles. The summed E-state index contributed by atoms with van der Waals surface area (Å²) in [5.41, 5.74) is 3.85. The van der Waals surface area contributed by atoms with Gasteiger partial charge in [-0.1, -0.05) is 42.0 Å². The molecule has 162 valence electrons. The second-order valence-corrected chi connectivity index (χ2v) is 7.71. The Morgan fingerprint density at radius 2 is 1.72 bits per heavy atom. The van der Waals surface area contributed by atoms with Gasteiger partial charge in [0, 0.05) is 23.3 Å². The quantitative estimate of drug-likeness (QED) is 0.451. The lowest BCUT2D eigenvalue weighted by Gasteiger charge is -2.23.